The highest BCUT2D eigenvalue weighted by Gasteiger charge is 2.05. The number of rotatable bonds is 4. The van der Waals surface area contributed by atoms with E-state index in [0.717, 1.165) is 0 Å². The zero-order valence-corrected chi connectivity index (χ0v) is 9.59. The molecule has 0 spiro atoms. The standard InChI is InChI=1S/C9H12N2O2S2/c12-5-7(13)6-15-9(14)11-8-3-1-2-4-10-8/h1-4,7,12-13H,5-6H2,(H,10,11,14). The Balaban J connectivity index is 2.31. The van der Waals surface area contributed by atoms with Crippen molar-refractivity contribution in [2.75, 3.05) is 17.7 Å². The number of aliphatic hydroxyl groups excluding tert-OH is 2. The highest BCUT2D eigenvalue weighted by Crippen LogP contribution is 2.09. The fourth-order valence-electron chi connectivity index (χ4n) is 0.802. The number of thiocarbonyl (C=S) groups is 1. The van der Waals surface area contributed by atoms with Crippen molar-refractivity contribution < 1.29 is 10.2 Å². The Morgan fingerprint density at radius 3 is 3.00 bits per heavy atom. The highest BCUT2D eigenvalue weighted by molar-refractivity contribution is 8.23. The Morgan fingerprint density at radius 2 is 2.40 bits per heavy atom. The summed E-state index contributed by atoms with van der Waals surface area (Å²) in [6, 6.07) is 5.47. The molecule has 0 aromatic carbocycles. The average Bonchev–Trinajstić information content (AvgIpc) is 2.27. The highest BCUT2D eigenvalue weighted by atomic mass is 32.2. The van der Waals surface area contributed by atoms with Crippen LogP contribution in [-0.2, 0) is 0 Å². The third-order valence-corrected chi connectivity index (χ3v) is 2.88. The van der Waals surface area contributed by atoms with Crippen LogP contribution in [-0.4, -0.2) is 38.0 Å². The molecule has 1 atom stereocenters. The first-order valence-electron chi connectivity index (χ1n) is 4.36. The Bertz CT molecular complexity index is 308. The topological polar surface area (TPSA) is 65.4 Å². The van der Waals surface area contributed by atoms with Crippen LogP contribution < -0.4 is 5.32 Å². The molecule has 1 aromatic heterocycles. The maximum Gasteiger partial charge on any atom is 0.139 e. The maximum atomic E-state index is 9.10. The lowest BCUT2D eigenvalue weighted by Crippen LogP contribution is -2.17. The monoisotopic (exact) mass is 244 g/mol. The van der Waals surface area contributed by atoms with Crippen LogP contribution in [0.3, 0.4) is 0 Å². The van der Waals surface area contributed by atoms with Gasteiger partial charge in [-0.1, -0.05) is 30.0 Å². The first-order valence-corrected chi connectivity index (χ1v) is 5.75. The van der Waals surface area contributed by atoms with Gasteiger partial charge in [-0.05, 0) is 12.1 Å². The van der Waals surface area contributed by atoms with Gasteiger partial charge in [0.25, 0.3) is 0 Å². The average molecular weight is 244 g/mol. The Kier molecular flexibility index (Phi) is 5.56. The minimum Gasteiger partial charge on any atom is -0.394 e. The first-order chi connectivity index (χ1) is 7.22. The summed E-state index contributed by atoms with van der Waals surface area (Å²) in [7, 11) is 0. The van der Waals surface area contributed by atoms with Crippen LogP contribution in [0.4, 0.5) is 5.82 Å². The second-order valence-electron chi connectivity index (χ2n) is 2.77. The summed E-state index contributed by atoms with van der Waals surface area (Å²) in [5.74, 6) is 1.04. The molecule has 0 radical (unpaired) electrons. The van der Waals surface area contributed by atoms with Crippen molar-refractivity contribution >= 4 is 34.1 Å². The molecule has 3 N–H and O–H groups in total. The number of aromatic nitrogens is 1. The van der Waals surface area contributed by atoms with Gasteiger partial charge in [0.1, 0.15) is 10.1 Å². The molecule has 82 valence electrons. The molecule has 0 saturated carbocycles. The van der Waals surface area contributed by atoms with Crippen LogP contribution in [0.15, 0.2) is 24.4 Å². The number of hydrogen-bond acceptors (Lipinski definition) is 5. The molecule has 0 fully saturated rings. The lowest BCUT2D eigenvalue weighted by Gasteiger charge is -2.08. The minimum absolute atomic E-state index is 0.251. The summed E-state index contributed by atoms with van der Waals surface area (Å²) < 4.78 is 0.529. The number of pyridine rings is 1. The van der Waals surface area contributed by atoms with E-state index in [4.69, 9.17) is 22.4 Å². The second kappa shape index (κ2) is 6.73. The van der Waals surface area contributed by atoms with Crippen molar-refractivity contribution in [1.82, 2.24) is 4.98 Å². The van der Waals surface area contributed by atoms with Gasteiger partial charge in [0.05, 0.1) is 12.7 Å². The molecule has 0 amide bonds. The van der Waals surface area contributed by atoms with Gasteiger partial charge in [0.15, 0.2) is 0 Å². The maximum absolute atomic E-state index is 9.10. The number of thioether (sulfide) groups is 1. The van der Waals surface area contributed by atoms with Crippen LogP contribution >= 0.6 is 24.0 Å². The fraction of sp³-hybridized carbons (Fsp3) is 0.333. The van der Waals surface area contributed by atoms with Gasteiger partial charge in [0.2, 0.25) is 0 Å². The molecule has 6 heteroatoms. The van der Waals surface area contributed by atoms with E-state index >= 15 is 0 Å². The molecule has 4 nitrogen and oxygen atoms in total. The van der Waals surface area contributed by atoms with Crippen LogP contribution in [0, 0.1) is 0 Å². The van der Waals surface area contributed by atoms with Gasteiger partial charge >= 0.3 is 0 Å². The van der Waals surface area contributed by atoms with Crippen molar-refractivity contribution in [3.8, 4) is 0 Å². The molecule has 1 rings (SSSR count). The van der Waals surface area contributed by atoms with Crippen molar-refractivity contribution in [3.63, 3.8) is 0 Å². The second-order valence-corrected chi connectivity index (χ2v) is 4.47. The van der Waals surface area contributed by atoms with E-state index in [9.17, 15) is 0 Å². The molecule has 1 heterocycles. The third-order valence-electron chi connectivity index (χ3n) is 1.51. The van der Waals surface area contributed by atoms with Crippen LogP contribution in [0.25, 0.3) is 0 Å². The van der Waals surface area contributed by atoms with Crippen molar-refractivity contribution in [2.24, 2.45) is 0 Å². The molecular weight excluding hydrogens is 232 g/mol. The number of hydrogen-bond donors (Lipinski definition) is 3. The van der Waals surface area contributed by atoms with Gasteiger partial charge in [-0.25, -0.2) is 4.98 Å². The molecule has 1 aromatic rings. The summed E-state index contributed by atoms with van der Waals surface area (Å²) >= 11 is 6.30. The lowest BCUT2D eigenvalue weighted by molar-refractivity contribution is 0.114. The summed E-state index contributed by atoms with van der Waals surface area (Å²) in [4.78, 5) is 4.04. The van der Waals surface area contributed by atoms with Gasteiger partial charge < -0.3 is 15.5 Å². The van der Waals surface area contributed by atoms with E-state index in [1.165, 1.54) is 11.8 Å². The van der Waals surface area contributed by atoms with Gasteiger partial charge in [0, 0.05) is 11.9 Å². The summed E-state index contributed by atoms with van der Waals surface area (Å²) in [5, 5.41) is 20.6. The van der Waals surface area contributed by atoms with Crippen LogP contribution in [0.1, 0.15) is 0 Å². The molecule has 0 aliphatic carbocycles. The number of anilines is 1. The van der Waals surface area contributed by atoms with Crippen LogP contribution in [0.5, 0.6) is 0 Å². The first kappa shape index (κ1) is 12.4. The molecule has 1 unspecified atom stereocenters. The van der Waals surface area contributed by atoms with Crippen molar-refractivity contribution in [1.29, 1.82) is 0 Å². The molecular formula is C9H12N2O2S2. The zero-order valence-electron chi connectivity index (χ0n) is 7.96. The SMILES string of the molecule is OCC(O)CSC(=S)Nc1ccccn1. The zero-order chi connectivity index (χ0) is 11.1. The quantitative estimate of drug-likeness (QED) is 0.683. The summed E-state index contributed by atoms with van der Waals surface area (Å²) in [6.45, 7) is -0.251. The Hall–Kier alpha value is -0.690. The third kappa shape index (κ3) is 5.08. The number of nitrogens with zero attached hydrogens (tertiary/aromatic N) is 1. The molecule has 0 aliphatic heterocycles. The van der Waals surface area contributed by atoms with E-state index in [1.54, 1.807) is 12.3 Å². The summed E-state index contributed by atoms with van der Waals surface area (Å²) in [5.41, 5.74) is 0. The summed E-state index contributed by atoms with van der Waals surface area (Å²) in [6.07, 6.45) is 0.927. The predicted octanol–water partition coefficient (Wildman–Crippen LogP) is 0.865. The normalized spacial score (nSPS) is 12.1. The largest absolute Gasteiger partial charge is 0.394 e. The smallest absolute Gasteiger partial charge is 0.139 e. The van der Waals surface area contributed by atoms with Crippen LogP contribution in [0.2, 0.25) is 0 Å². The fourth-order valence-corrected chi connectivity index (χ4v) is 1.74. The van der Waals surface area contributed by atoms with Gasteiger partial charge in [-0.2, -0.15) is 0 Å². The lowest BCUT2D eigenvalue weighted by atomic mass is 10.4. The molecule has 0 bridgehead atoms. The van der Waals surface area contributed by atoms with Gasteiger partial charge in [-0.15, -0.1) is 0 Å². The van der Waals surface area contributed by atoms with Crippen molar-refractivity contribution in [3.05, 3.63) is 24.4 Å². The molecule has 0 saturated heterocycles. The van der Waals surface area contributed by atoms with E-state index in [-0.39, 0.29) is 6.61 Å². The Labute approximate surface area is 97.7 Å². The van der Waals surface area contributed by atoms with E-state index in [2.05, 4.69) is 10.3 Å². The van der Waals surface area contributed by atoms with E-state index in [1.807, 2.05) is 12.1 Å². The minimum atomic E-state index is -0.738. The number of nitrogens with one attached hydrogen (secondary N) is 1. The van der Waals surface area contributed by atoms with E-state index in [0.29, 0.717) is 15.9 Å². The Morgan fingerprint density at radius 1 is 1.60 bits per heavy atom. The van der Waals surface area contributed by atoms with Gasteiger partial charge in [-0.3, -0.25) is 0 Å². The molecule has 0 aliphatic rings. The predicted molar refractivity (Wildman–Crippen MR) is 66.0 cm³/mol. The number of aliphatic hydroxyl groups is 2. The van der Waals surface area contributed by atoms with Crippen molar-refractivity contribution in [2.45, 2.75) is 6.10 Å². The molecule has 15 heavy (non-hydrogen) atoms. The van der Waals surface area contributed by atoms with E-state index < -0.39 is 6.10 Å².